The number of hydrogen-bond acceptors (Lipinski definition) is 4. The second-order valence-electron chi connectivity index (χ2n) is 3.86. The van der Waals surface area contributed by atoms with Gasteiger partial charge in [-0.3, -0.25) is 14.6 Å². The Morgan fingerprint density at radius 3 is 2.21 bits per heavy atom. The molecule has 1 amide bonds. The van der Waals surface area contributed by atoms with E-state index < -0.39 is 23.9 Å². The predicted molar refractivity (Wildman–Crippen MR) is 65.1 cm³/mol. The molecule has 0 aliphatic rings. The van der Waals surface area contributed by atoms with E-state index in [1.165, 1.54) is 12.1 Å². The third-order valence-electron chi connectivity index (χ3n) is 2.51. The van der Waals surface area contributed by atoms with Crippen LogP contribution in [-0.2, 0) is 9.59 Å². The van der Waals surface area contributed by atoms with Gasteiger partial charge in [0.15, 0.2) is 0 Å². The molecule has 0 saturated carbocycles. The van der Waals surface area contributed by atoms with E-state index in [1.807, 2.05) is 0 Å². The summed E-state index contributed by atoms with van der Waals surface area (Å²) >= 11 is 0. The molecule has 0 fully saturated rings. The Labute approximate surface area is 109 Å². The summed E-state index contributed by atoms with van der Waals surface area (Å²) in [7, 11) is 0. The molecule has 1 aromatic carbocycles. The van der Waals surface area contributed by atoms with E-state index in [2.05, 4.69) is 0 Å². The lowest BCUT2D eigenvalue weighted by atomic mass is 10.1. The largest absolute Gasteiger partial charge is 0.481 e. The van der Waals surface area contributed by atoms with E-state index in [-0.39, 0.29) is 18.4 Å². The van der Waals surface area contributed by atoms with E-state index in [1.54, 1.807) is 18.2 Å². The number of carbonyl (C=O) groups is 3. The number of rotatable bonds is 6. The molecule has 0 radical (unpaired) electrons. The third kappa shape index (κ3) is 4.07. The van der Waals surface area contributed by atoms with Crippen molar-refractivity contribution in [2.24, 2.45) is 5.84 Å². The summed E-state index contributed by atoms with van der Waals surface area (Å²) in [6.07, 6.45) is -0.632. The molecule has 0 saturated heterocycles. The van der Waals surface area contributed by atoms with Gasteiger partial charge in [-0.2, -0.15) is 0 Å². The van der Waals surface area contributed by atoms with E-state index in [0.29, 0.717) is 5.01 Å². The fraction of sp³-hybridized carbons (Fsp3) is 0.250. The van der Waals surface area contributed by atoms with Crippen LogP contribution in [0, 0.1) is 0 Å². The Kier molecular flexibility index (Phi) is 5.01. The predicted octanol–water partition coefficient (Wildman–Crippen LogP) is 0.320. The van der Waals surface area contributed by atoms with Gasteiger partial charge in [-0.1, -0.05) is 18.2 Å². The summed E-state index contributed by atoms with van der Waals surface area (Å²) in [5.41, 5.74) is 0.242. The molecule has 0 aliphatic heterocycles. The van der Waals surface area contributed by atoms with E-state index >= 15 is 0 Å². The first kappa shape index (κ1) is 14.7. The number of carboxylic acids is 2. The topological polar surface area (TPSA) is 121 Å². The number of aliphatic carboxylic acids is 2. The molecule has 0 unspecified atom stereocenters. The number of hydrazine groups is 1. The number of nitrogens with two attached hydrogens (primary N) is 1. The zero-order valence-corrected chi connectivity index (χ0v) is 10.0. The van der Waals surface area contributed by atoms with Crippen LogP contribution < -0.4 is 5.84 Å². The van der Waals surface area contributed by atoms with E-state index in [4.69, 9.17) is 16.1 Å². The van der Waals surface area contributed by atoms with Gasteiger partial charge < -0.3 is 10.2 Å². The zero-order valence-electron chi connectivity index (χ0n) is 10.0. The summed E-state index contributed by atoms with van der Waals surface area (Å²) < 4.78 is 0. The van der Waals surface area contributed by atoms with E-state index in [0.717, 1.165) is 0 Å². The molecular weight excluding hydrogens is 252 g/mol. The van der Waals surface area contributed by atoms with Crippen molar-refractivity contribution in [2.45, 2.75) is 18.9 Å². The second-order valence-corrected chi connectivity index (χ2v) is 3.86. The quantitative estimate of drug-likeness (QED) is 0.387. The maximum Gasteiger partial charge on any atom is 0.328 e. The number of carboxylic acid groups (broad SMARTS) is 2. The Balaban J connectivity index is 2.82. The van der Waals surface area contributed by atoms with Crippen molar-refractivity contribution in [1.29, 1.82) is 0 Å². The van der Waals surface area contributed by atoms with Crippen LogP contribution in [0.15, 0.2) is 30.3 Å². The molecule has 19 heavy (non-hydrogen) atoms. The molecule has 0 aliphatic carbocycles. The van der Waals surface area contributed by atoms with Gasteiger partial charge in [0, 0.05) is 12.0 Å². The highest BCUT2D eigenvalue weighted by Gasteiger charge is 2.28. The first-order valence-corrected chi connectivity index (χ1v) is 5.51. The fourth-order valence-electron chi connectivity index (χ4n) is 1.51. The smallest absolute Gasteiger partial charge is 0.328 e. The summed E-state index contributed by atoms with van der Waals surface area (Å²) in [5.74, 6) is 2.34. The average Bonchev–Trinajstić information content (AvgIpc) is 2.38. The second kappa shape index (κ2) is 6.50. The van der Waals surface area contributed by atoms with E-state index in [9.17, 15) is 14.4 Å². The van der Waals surface area contributed by atoms with Crippen molar-refractivity contribution in [2.75, 3.05) is 0 Å². The maximum atomic E-state index is 11.9. The van der Waals surface area contributed by atoms with Gasteiger partial charge >= 0.3 is 11.9 Å². The van der Waals surface area contributed by atoms with Gasteiger partial charge in [0.2, 0.25) is 0 Å². The minimum Gasteiger partial charge on any atom is -0.481 e. The van der Waals surface area contributed by atoms with Crippen LogP contribution in [0.2, 0.25) is 0 Å². The molecule has 0 spiro atoms. The van der Waals surface area contributed by atoms with Gasteiger partial charge in [-0.05, 0) is 18.6 Å². The van der Waals surface area contributed by atoms with Gasteiger partial charge in [-0.15, -0.1) is 0 Å². The van der Waals surface area contributed by atoms with Gasteiger partial charge in [0.05, 0.1) is 0 Å². The van der Waals surface area contributed by atoms with Crippen molar-refractivity contribution >= 4 is 17.8 Å². The standard InChI is InChI=1S/C12H14N2O5/c13-14(9(12(18)19)6-7-10(15)16)11(17)8-4-2-1-3-5-8/h1-5,9H,6-7,13H2,(H,15,16)(H,18,19)/t9-/m0/s1. The SMILES string of the molecule is NN(C(=O)c1ccccc1)[C@@H](CCC(=O)O)C(=O)O. The molecule has 4 N–H and O–H groups in total. The van der Waals surface area contributed by atoms with Crippen molar-refractivity contribution in [3.05, 3.63) is 35.9 Å². The normalized spacial score (nSPS) is 11.6. The Hall–Kier alpha value is -2.41. The average molecular weight is 266 g/mol. The molecular formula is C12H14N2O5. The van der Waals surface area contributed by atoms with Crippen molar-refractivity contribution in [1.82, 2.24) is 5.01 Å². The van der Waals surface area contributed by atoms with Crippen LogP contribution in [-0.4, -0.2) is 39.1 Å². The van der Waals surface area contributed by atoms with Crippen LogP contribution in [0.4, 0.5) is 0 Å². The van der Waals surface area contributed by atoms with Gasteiger partial charge in [0.25, 0.3) is 5.91 Å². The van der Waals surface area contributed by atoms with Crippen LogP contribution in [0.5, 0.6) is 0 Å². The minimum atomic E-state index is -1.37. The summed E-state index contributed by atoms with van der Waals surface area (Å²) in [6, 6.07) is 6.57. The number of hydrogen-bond donors (Lipinski definition) is 3. The Morgan fingerprint density at radius 2 is 1.74 bits per heavy atom. The molecule has 0 aromatic heterocycles. The maximum absolute atomic E-state index is 11.9. The van der Waals surface area contributed by atoms with Crippen LogP contribution >= 0.6 is 0 Å². The first-order chi connectivity index (χ1) is 8.93. The van der Waals surface area contributed by atoms with Crippen LogP contribution in [0.1, 0.15) is 23.2 Å². The number of carbonyl (C=O) groups excluding carboxylic acids is 1. The van der Waals surface area contributed by atoms with Crippen molar-refractivity contribution in [3.63, 3.8) is 0 Å². The lowest BCUT2D eigenvalue weighted by Gasteiger charge is -2.23. The molecule has 7 nitrogen and oxygen atoms in total. The molecule has 1 atom stereocenters. The minimum absolute atomic E-state index is 0.242. The zero-order chi connectivity index (χ0) is 14.4. The molecule has 102 valence electrons. The van der Waals surface area contributed by atoms with Crippen molar-refractivity contribution in [3.8, 4) is 0 Å². The summed E-state index contributed by atoms with van der Waals surface area (Å²) in [6.45, 7) is 0. The van der Waals surface area contributed by atoms with Crippen molar-refractivity contribution < 1.29 is 24.6 Å². The number of benzene rings is 1. The molecule has 1 rings (SSSR count). The number of amides is 1. The Morgan fingerprint density at radius 1 is 1.16 bits per heavy atom. The van der Waals surface area contributed by atoms with Gasteiger partial charge in [-0.25, -0.2) is 10.6 Å². The molecule has 7 heteroatoms. The first-order valence-electron chi connectivity index (χ1n) is 5.51. The molecule has 0 heterocycles. The number of nitrogens with zero attached hydrogens (tertiary/aromatic N) is 1. The Bertz CT molecular complexity index is 474. The third-order valence-corrected chi connectivity index (χ3v) is 2.51. The highest BCUT2D eigenvalue weighted by molar-refractivity contribution is 5.96. The lowest BCUT2D eigenvalue weighted by Crippen LogP contribution is -2.49. The monoisotopic (exact) mass is 266 g/mol. The molecule has 0 bridgehead atoms. The van der Waals surface area contributed by atoms with Gasteiger partial charge in [0.1, 0.15) is 6.04 Å². The highest BCUT2D eigenvalue weighted by Crippen LogP contribution is 2.09. The van der Waals surface area contributed by atoms with Crippen LogP contribution in [0.25, 0.3) is 0 Å². The summed E-state index contributed by atoms with van der Waals surface area (Å²) in [4.78, 5) is 33.4. The fourth-order valence-corrected chi connectivity index (χ4v) is 1.51. The highest BCUT2D eigenvalue weighted by atomic mass is 16.4. The summed E-state index contributed by atoms with van der Waals surface area (Å²) in [5, 5.41) is 18.1. The van der Waals surface area contributed by atoms with Crippen LogP contribution in [0.3, 0.4) is 0 Å². The lowest BCUT2D eigenvalue weighted by molar-refractivity contribution is -0.143. The molecule has 1 aromatic rings.